The molecule has 0 fully saturated rings. The van der Waals surface area contributed by atoms with E-state index in [-0.39, 0.29) is 5.78 Å². The minimum absolute atomic E-state index is 0.165. The summed E-state index contributed by atoms with van der Waals surface area (Å²) in [5.74, 6) is 0.867. The van der Waals surface area contributed by atoms with Crippen molar-refractivity contribution in [2.75, 3.05) is 0 Å². The van der Waals surface area contributed by atoms with Crippen LogP contribution in [0.4, 0.5) is 0 Å². The van der Waals surface area contributed by atoms with Crippen molar-refractivity contribution in [3.05, 3.63) is 41.5 Å². The van der Waals surface area contributed by atoms with Gasteiger partial charge in [0.05, 0.1) is 11.3 Å². The lowest BCUT2D eigenvalue weighted by molar-refractivity contribution is 0.0971. The van der Waals surface area contributed by atoms with Gasteiger partial charge in [-0.15, -0.1) is 0 Å². The second kappa shape index (κ2) is 4.88. The highest BCUT2D eigenvalue weighted by molar-refractivity contribution is 5.97. The Kier molecular flexibility index (Phi) is 3.07. The maximum Gasteiger partial charge on any atom is 0.166 e. The lowest BCUT2D eigenvalue weighted by atomic mass is 9.96. The average Bonchev–Trinajstić information content (AvgIpc) is 2.47. The number of aryl methyl sites for hydroxylation is 2. The largest absolute Gasteiger partial charge is 0.294 e. The third-order valence-corrected chi connectivity index (χ3v) is 3.51. The molecule has 0 atom stereocenters. The Morgan fingerprint density at radius 2 is 2.11 bits per heavy atom. The Morgan fingerprint density at radius 1 is 1.21 bits per heavy atom. The molecular weight excluding hydrogens is 238 g/mol. The van der Waals surface area contributed by atoms with Crippen LogP contribution in [0.2, 0.25) is 0 Å². The van der Waals surface area contributed by atoms with Crippen molar-refractivity contribution >= 4 is 5.78 Å². The minimum atomic E-state index is 0.165. The fraction of sp³-hybridized carbons (Fsp3) is 0.333. The maximum absolute atomic E-state index is 11.8. The highest BCUT2D eigenvalue weighted by Crippen LogP contribution is 2.24. The van der Waals surface area contributed by atoms with Crippen LogP contribution >= 0.6 is 0 Å². The Bertz CT molecular complexity index is 637. The summed E-state index contributed by atoms with van der Waals surface area (Å²) >= 11 is 0. The van der Waals surface area contributed by atoms with Gasteiger partial charge in [-0.3, -0.25) is 9.78 Å². The highest BCUT2D eigenvalue weighted by Gasteiger charge is 2.20. The Hall–Kier alpha value is -2.10. The predicted molar refractivity (Wildman–Crippen MR) is 71.9 cm³/mol. The minimum Gasteiger partial charge on any atom is -0.294 e. The first-order valence-corrected chi connectivity index (χ1v) is 6.62. The molecule has 0 saturated heterocycles. The molecule has 2 aromatic heterocycles. The van der Waals surface area contributed by atoms with Crippen LogP contribution in [0.5, 0.6) is 0 Å². The summed E-state index contributed by atoms with van der Waals surface area (Å²) in [7, 11) is 0. The molecular formula is C15H15N3O. The molecule has 0 spiro atoms. The quantitative estimate of drug-likeness (QED) is 0.825. The summed E-state index contributed by atoms with van der Waals surface area (Å²) in [6.45, 7) is 2.09. The SMILES string of the molecule is CCc1cnccc1-c1ncc2c(n1)CCCC2=O. The Labute approximate surface area is 111 Å². The first-order valence-electron chi connectivity index (χ1n) is 6.62. The van der Waals surface area contributed by atoms with Crippen LogP contribution < -0.4 is 0 Å². The van der Waals surface area contributed by atoms with Gasteiger partial charge < -0.3 is 0 Å². The number of hydrogen-bond donors (Lipinski definition) is 0. The van der Waals surface area contributed by atoms with Gasteiger partial charge >= 0.3 is 0 Å². The Balaban J connectivity index is 2.09. The molecule has 19 heavy (non-hydrogen) atoms. The van der Waals surface area contributed by atoms with Crippen molar-refractivity contribution in [2.24, 2.45) is 0 Å². The second-order valence-corrected chi connectivity index (χ2v) is 4.72. The number of pyridine rings is 1. The molecule has 2 aromatic rings. The third-order valence-electron chi connectivity index (χ3n) is 3.51. The predicted octanol–water partition coefficient (Wildman–Crippen LogP) is 2.62. The molecule has 4 heteroatoms. The van der Waals surface area contributed by atoms with Gasteiger partial charge in [0.15, 0.2) is 11.6 Å². The van der Waals surface area contributed by atoms with Crippen LogP contribution in [0.15, 0.2) is 24.7 Å². The molecule has 0 aromatic carbocycles. The molecule has 0 aliphatic heterocycles. The van der Waals surface area contributed by atoms with Crippen LogP contribution in [0.3, 0.4) is 0 Å². The monoisotopic (exact) mass is 253 g/mol. The fourth-order valence-electron chi connectivity index (χ4n) is 2.45. The van der Waals surface area contributed by atoms with Gasteiger partial charge in [0.2, 0.25) is 0 Å². The van der Waals surface area contributed by atoms with E-state index in [1.54, 1.807) is 12.4 Å². The second-order valence-electron chi connectivity index (χ2n) is 4.72. The van der Waals surface area contributed by atoms with Crippen LogP contribution in [0, 0.1) is 0 Å². The molecule has 0 unspecified atom stereocenters. The molecule has 3 rings (SSSR count). The number of rotatable bonds is 2. The molecule has 2 heterocycles. The smallest absolute Gasteiger partial charge is 0.166 e. The van der Waals surface area contributed by atoms with Gasteiger partial charge in [-0.25, -0.2) is 9.97 Å². The summed E-state index contributed by atoms with van der Waals surface area (Å²) in [6.07, 6.45) is 8.54. The summed E-state index contributed by atoms with van der Waals surface area (Å²) in [5, 5.41) is 0. The van der Waals surface area contributed by atoms with E-state index >= 15 is 0 Å². The van der Waals surface area contributed by atoms with E-state index in [4.69, 9.17) is 0 Å². The van der Waals surface area contributed by atoms with Crippen molar-refractivity contribution in [3.8, 4) is 11.4 Å². The average molecular weight is 253 g/mol. The number of carbonyl (C=O) groups is 1. The molecule has 4 nitrogen and oxygen atoms in total. The van der Waals surface area contributed by atoms with Gasteiger partial charge in [0.25, 0.3) is 0 Å². The number of aromatic nitrogens is 3. The van der Waals surface area contributed by atoms with Crippen molar-refractivity contribution in [3.63, 3.8) is 0 Å². The van der Waals surface area contributed by atoms with E-state index in [9.17, 15) is 4.79 Å². The van der Waals surface area contributed by atoms with Crippen molar-refractivity contribution in [2.45, 2.75) is 32.6 Å². The number of Topliss-reactive ketones (excluding diaryl/α,β-unsaturated/α-hetero) is 1. The van der Waals surface area contributed by atoms with Crippen LogP contribution in [-0.2, 0) is 12.8 Å². The number of ketones is 1. The fourth-order valence-corrected chi connectivity index (χ4v) is 2.45. The van der Waals surface area contributed by atoms with E-state index in [0.717, 1.165) is 36.1 Å². The van der Waals surface area contributed by atoms with E-state index in [1.165, 1.54) is 0 Å². The van der Waals surface area contributed by atoms with Crippen LogP contribution in [-0.4, -0.2) is 20.7 Å². The topological polar surface area (TPSA) is 55.7 Å². The van der Waals surface area contributed by atoms with Crippen molar-refractivity contribution in [1.82, 2.24) is 15.0 Å². The zero-order valence-electron chi connectivity index (χ0n) is 10.9. The zero-order valence-corrected chi connectivity index (χ0v) is 10.9. The number of fused-ring (bicyclic) bond motifs is 1. The standard InChI is InChI=1S/C15H15N3O/c1-2-10-8-16-7-6-11(10)15-17-9-12-13(18-15)4-3-5-14(12)19/h6-9H,2-5H2,1H3. The third kappa shape index (κ3) is 2.14. The molecule has 1 aliphatic rings. The number of hydrogen-bond acceptors (Lipinski definition) is 4. The van der Waals surface area contributed by atoms with Crippen LogP contribution in [0.25, 0.3) is 11.4 Å². The molecule has 0 bridgehead atoms. The molecule has 1 aliphatic carbocycles. The van der Waals surface area contributed by atoms with E-state index in [2.05, 4.69) is 21.9 Å². The number of carbonyl (C=O) groups excluding carboxylic acids is 1. The molecule has 0 N–H and O–H groups in total. The molecule has 0 amide bonds. The molecule has 0 saturated carbocycles. The molecule has 96 valence electrons. The summed E-state index contributed by atoms with van der Waals surface area (Å²) in [5.41, 5.74) is 3.73. The molecule has 0 radical (unpaired) electrons. The normalized spacial score (nSPS) is 14.3. The summed E-state index contributed by atoms with van der Waals surface area (Å²) < 4.78 is 0. The van der Waals surface area contributed by atoms with Crippen molar-refractivity contribution < 1.29 is 4.79 Å². The van der Waals surface area contributed by atoms with Gasteiger partial charge in [0, 0.05) is 30.6 Å². The van der Waals surface area contributed by atoms with Gasteiger partial charge in [-0.05, 0) is 30.9 Å². The van der Waals surface area contributed by atoms with E-state index < -0.39 is 0 Å². The zero-order chi connectivity index (χ0) is 13.2. The van der Waals surface area contributed by atoms with Crippen LogP contribution in [0.1, 0.15) is 41.4 Å². The van der Waals surface area contributed by atoms with Gasteiger partial charge in [0.1, 0.15) is 0 Å². The van der Waals surface area contributed by atoms with Gasteiger partial charge in [-0.2, -0.15) is 0 Å². The van der Waals surface area contributed by atoms with E-state index in [0.29, 0.717) is 17.8 Å². The summed E-state index contributed by atoms with van der Waals surface area (Å²) in [6, 6.07) is 1.94. The lowest BCUT2D eigenvalue weighted by Crippen LogP contribution is -2.14. The highest BCUT2D eigenvalue weighted by atomic mass is 16.1. The van der Waals surface area contributed by atoms with E-state index in [1.807, 2.05) is 12.3 Å². The van der Waals surface area contributed by atoms with Crippen molar-refractivity contribution in [1.29, 1.82) is 0 Å². The summed E-state index contributed by atoms with van der Waals surface area (Å²) in [4.78, 5) is 24.8. The lowest BCUT2D eigenvalue weighted by Gasteiger charge is -2.14. The first kappa shape index (κ1) is 12.0. The van der Waals surface area contributed by atoms with Gasteiger partial charge in [-0.1, -0.05) is 6.92 Å². The Morgan fingerprint density at radius 3 is 2.95 bits per heavy atom. The first-order chi connectivity index (χ1) is 9.29. The maximum atomic E-state index is 11.8. The number of nitrogens with zero attached hydrogens (tertiary/aromatic N) is 3.